The van der Waals surface area contributed by atoms with Gasteiger partial charge >= 0.3 is 0 Å². The molecule has 1 rings (SSSR count). The highest BCUT2D eigenvalue weighted by Crippen LogP contribution is 2.25. The number of aliphatic hydroxyl groups is 1. The van der Waals surface area contributed by atoms with E-state index in [0.717, 1.165) is 8.79 Å². The van der Waals surface area contributed by atoms with E-state index in [0.29, 0.717) is 13.0 Å². The van der Waals surface area contributed by atoms with E-state index < -0.39 is 6.10 Å². The Hall–Kier alpha value is 0.0300. The van der Waals surface area contributed by atoms with Crippen LogP contribution in [0.25, 0.3) is 0 Å². The molecule has 0 fully saturated rings. The summed E-state index contributed by atoms with van der Waals surface area (Å²) >= 11 is 4.70. The van der Waals surface area contributed by atoms with E-state index >= 15 is 0 Å². The minimum absolute atomic E-state index is 0.484. The zero-order valence-corrected chi connectivity index (χ0v) is 8.23. The Morgan fingerprint density at radius 1 is 1.82 bits per heavy atom. The zero-order valence-electron chi connectivity index (χ0n) is 5.83. The van der Waals surface area contributed by atoms with Crippen molar-refractivity contribution in [1.29, 1.82) is 0 Å². The van der Waals surface area contributed by atoms with Gasteiger partial charge in [-0.3, -0.25) is 0 Å². The molecule has 1 aromatic rings. The second-order valence-corrected chi connectivity index (χ2v) is 4.54. The monoisotopic (exact) mass is 236 g/mol. The fourth-order valence-electron chi connectivity index (χ4n) is 0.702. The molecule has 0 saturated carbocycles. The third-order valence-corrected chi connectivity index (χ3v) is 2.80. The van der Waals surface area contributed by atoms with Crippen LogP contribution in [0.1, 0.15) is 17.5 Å². The van der Waals surface area contributed by atoms with Crippen molar-refractivity contribution in [2.45, 2.75) is 12.5 Å². The highest BCUT2D eigenvalue weighted by molar-refractivity contribution is 9.11. The van der Waals surface area contributed by atoms with E-state index in [2.05, 4.69) is 20.9 Å². The molecular weight excluding hydrogens is 228 g/mol. The number of rotatable bonds is 3. The summed E-state index contributed by atoms with van der Waals surface area (Å²) < 4.78 is 0.934. The van der Waals surface area contributed by atoms with Crippen LogP contribution in [0.15, 0.2) is 9.98 Å². The molecule has 0 unspecified atom stereocenters. The fourth-order valence-corrected chi connectivity index (χ4v) is 1.97. The Morgan fingerprint density at radius 2 is 2.55 bits per heavy atom. The van der Waals surface area contributed by atoms with E-state index in [1.54, 1.807) is 6.20 Å². The number of aromatic nitrogens is 1. The smallest absolute Gasteiger partial charge is 0.122 e. The van der Waals surface area contributed by atoms with Crippen LogP contribution in [0.2, 0.25) is 0 Å². The molecule has 62 valence electrons. The van der Waals surface area contributed by atoms with Crippen LogP contribution in [0.3, 0.4) is 0 Å². The van der Waals surface area contributed by atoms with Crippen molar-refractivity contribution in [3.8, 4) is 0 Å². The summed E-state index contributed by atoms with van der Waals surface area (Å²) in [6.07, 6.45) is 1.75. The van der Waals surface area contributed by atoms with Crippen LogP contribution in [-0.4, -0.2) is 16.6 Å². The van der Waals surface area contributed by atoms with Gasteiger partial charge in [-0.1, -0.05) is 0 Å². The Morgan fingerprint density at radius 3 is 3.00 bits per heavy atom. The number of nitrogens with two attached hydrogens (primary N) is 1. The van der Waals surface area contributed by atoms with E-state index in [9.17, 15) is 5.11 Å². The van der Waals surface area contributed by atoms with Gasteiger partial charge in [0.1, 0.15) is 11.1 Å². The predicted molar refractivity (Wildman–Crippen MR) is 48.4 cm³/mol. The highest BCUT2D eigenvalue weighted by atomic mass is 79.9. The maximum Gasteiger partial charge on any atom is 0.122 e. The summed E-state index contributed by atoms with van der Waals surface area (Å²) in [7, 11) is 0. The first-order valence-corrected chi connectivity index (χ1v) is 4.84. The maximum atomic E-state index is 9.38. The third-order valence-electron chi connectivity index (χ3n) is 1.22. The third kappa shape index (κ3) is 2.52. The highest BCUT2D eigenvalue weighted by Gasteiger charge is 2.09. The minimum Gasteiger partial charge on any atom is -0.386 e. The molecule has 11 heavy (non-hydrogen) atoms. The molecule has 0 aliphatic carbocycles. The molecule has 5 heteroatoms. The Balaban J connectivity index is 2.60. The molecule has 1 atom stereocenters. The van der Waals surface area contributed by atoms with Gasteiger partial charge in [-0.05, 0) is 28.9 Å². The molecular formula is C6H9BrN2OS. The summed E-state index contributed by atoms with van der Waals surface area (Å²) in [6.45, 7) is 0.484. The molecule has 0 aliphatic rings. The molecule has 0 spiro atoms. The lowest BCUT2D eigenvalue weighted by Gasteiger charge is -2.02. The van der Waals surface area contributed by atoms with Crippen LogP contribution >= 0.6 is 27.3 Å². The standard InChI is InChI=1S/C6H9BrN2OS/c7-5-3-9-6(11-5)4(10)1-2-8/h3-4,10H,1-2,8H2/t4-/m0/s1. The van der Waals surface area contributed by atoms with Crippen molar-refractivity contribution in [3.05, 3.63) is 15.0 Å². The van der Waals surface area contributed by atoms with Crippen molar-refractivity contribution in [1.82, 2.24) is 4.98 Å². The van der Waals surface area contributed by atoms with Crippen molar-refractivity contribution in [2.75, 3.05) is 6.54 Å². The molecule has 3 N–H and O–H groups in total. The minimum atomic E-state index is -0.503. The lowest BCUT2D eigenvalue weighted by Crippen LogP contribution is -2.06. The molecule has 1 heterocycles. The summed E-state index contributed by atoms with van der Waals surface area (Å²) in [5, 5.41) is 10.1. The van der Waals surface area contributed by atoms with Gasteiger partial charge in [-0.2, -0.15) is 0 Å². The first-order valence-electron chi connectivity index (χ1n) is 3.23. The molecule has 0 aliphatic heterocycles. The summed E-state index contributed by atoms with van der Waals surface area (Å²) in [5.74, 6) is 0. The first-order chi connectivity index (χ1) is 5.24. The number of hydrogen-bond acceptors (Lipinski definition) is 4. The van der Waals surface area contributed by atoms with Gasteiger partial charge in [0.15, 0.2) is 0 Å². The zero-order chi connectivity index (χ0) is 8.27. The quantitative estimate of drug-likeness (QED) is 0.832. The van der Waals surface area contributed by atoms with Crippen molar-refractivity contribution < 1.29 is 5.11 Å². The van der Waals surface area contributed by atoms with Crippen molar-refractivity contribution >= 4 is 27.3 Å². The van der Waals surface area contributed by atoms with Gasteiger partial charge in [-0.15, -0.1) is 11.3 Å². The summed E-state index contributed by atoms with van der Waals surface area (Å²) in [4.78, 5) is 4.00. The molecule has 1 aromatic heterocycles. The average molecular weight is 237 g/mol. The summed E-state index contributed by atoms with van der Waals surface area (Å²) in [5.41, 5.74) is 5.28. The second kappa shape index (κ2) is 4.15. The molecule has 3 nitrogen and oxygen atoms in total. The summed E-state index contributed by atoms with van der Waals surface area (Å²) in [6, 6.07) is 0. The number of aliphatic hydroxyl groups excluding tert-OH is 1. The number of halogens is 1. The average Bonchev–Trinajstić information content (AvgIpc) is 2.36. The van der Waals surface area contributed by atoms with E-state index in [4.69, 9.17) is 5.73 Å². The van der Waals surface area contributed by atoms with Crippen molar-refractivity contribution in [2.24, 2.45) is 5.73 Å². The van der Waals surface area contributed by atoms with Gasteiger partial charge in [-0.25, -0.2) is 4.98 Å². The van der Waals surface area contributed by atoms with Gasteiger partial charge in [0.2, 0.25) is 0 Å². The van der Waals surface area contributed by atoms with E-state index in [1.165, 1.54) is 11.3 Å². The molecule has 0 saturated heterocycles. The normalized spacial score (nSPS) is 13.4. The molecule has 0 amide bonds. The van der Waals surface area contributed by atoms with Gasteiger partial charge < -0.3 is 10.8 Å². The molecule has 0 radical (unpaired) electrons. The van der Waals surface area contributed by atoms with Crippen molar-refractivity contribution in [3.63, 3.8) is 0 Å². The fraction of sp³-hybridized carbons (Fsp3) is 0.500. The van der Waals surface area contributed by atoms with Crippen LogP contribution in [0.4, 0.5) is 0 Å². The van der Waals surface area contributed by atoms with E-state index in [1.807, 2.05) is 0 Å². The Kier molecular flexibility index (Phi) is 3.45. The number of hydrogen-bond donors (Lipinski definition) is 2. The lowest BCUT2D eigenvalue weighted by molar-refractivity contribution is 0.170. The molecule has 0 aromatic carbocycles. The number of nitrogens with zero attached hydrogens (tertiary/aromatic N) is 1. The van der Waals surface area contributed by atoms with Crippen LogP contribution in [0.5, 0.6) is 0 Å². The van der Waals surface area contributed by atoms with E-state index in [-0.39, 0.29) is 0 Å². The Labute approximate surface area is 77.4 Å². The van der Waals surface area contributed by atoms with Crippen LogP contribution in [0, 0.1) is 0 Å². The largest absolute Gasteiger partial charge is 0.386 e. The number of thiazole rings is 1. The molecule has 0 bridgehead atoms. The van der Waals surface area contributed by atoms with Gasteiger partial charge in [0, 0.05) is 0 Å². The first kappa shape index (κ1) is 9.12. The predicted octanol–water partition coefficient (Wildman–Crippen LogP) is 1.29. The van der Waals surface area contributed by atoms with Gasteiger partial charge in [0.05, 0.1) is 9.98 Å². The topological polar surface area (TPSA) is 59.1 Å². The van der Waals surface area contributed by atoms with Gasteiger partial charge in [0.25, 0.3) is 0 Å². The second-order valence-electron chi connectivity index (χ2n) is 2.10. The van der Waals surface area contributed by atoms with Crippen LogP contribution < -0.4 is 5.73 Å². The SMILES string of the molecule is NCC[C@H](O)c1ncc(Br)s1. The maximum absolute atomic E-state index is 9.38. The lowest BCUT2D eigenvalue weighted by atomic mass is 10.3. The Bertz CT molecular complexity index is 228. The van der Waals surface area contributed by atoms with Crippen LogP contribution in [-0.2, 0) is 0 Å².